The van der Waals surface area contributed by atoms with Crippen LogP contribution in [0.15, 0.2) is 59.6 Å². The standard InChI is InChI=1S/C22H27N3O2.HI/c23-22(25-19-12-14-26-20-11-5-4-10-18(19)20)24-15-17-9-6-13-27-21(17)16-7-2-1-3-8-16;/h1-5,7-8,10-11,17,19,21H,6,9,12-15H2,(H3,23,24,25);1H. The molecule has 0 aromatic heterocycles. The number of hydrogen-bond donors (Lipinski definition) is 2. The van der Waals surface area contributed by atoms with Crippen molar-refractivity contribution in [3.8, 4) is 5.75 Å². The van der Waals surface area contributed by atoms with Crippen LogP contribution in [0, 0.1) is 5.92 Å². The van der Waals surface area contributed by atoms with Crippen molar-refractivity contribution in [3.63, 3.8) is 0 Å². The van der Waals surface area contributed by atoms with Gasteiger partial charge in [-0.3, -0.25) is 4.99 Å². The van der Waals surface area contributed by atoms with Crippen LogP contribution in [-0.4, -0.2) is 25.7 Å². The highest BCUT2D eigenvalue weighted by Gasteiger charge is 2.27. The second-order valence-corrected chi connectivity index (χ2v) is 7.20. The average molecular weight is 493 g/mol. The minimum Gasteiger partial charge on any atom is -0.493 e. The molecule has 2 aliphatic heterocycles. The molecule has 4 rings (SSSR count). The molecule has 3 unspecified atom stereocenters. The van der Waals surface area contributed by atoms with Crippen LogP contribution in [0.5, 0.6) is 5.75 Å². The Morgan fingerprint density at radius 3 is 2.68 bits per heavy atom. The number of aliphatic imine (C=N–C) groups is 1. The van der Waals surface area contributed by atoms with Crippen LogP contribution < -0.4 is 15.8 Å². The van der Waals surface area contributed by atoms with Gasteiger partial charge in [-0.15, -0.1) is 24.0 Å². The smallest absolute Gasteiger partial charge is 0.189 e. The fourth-order valence-corrected chi connectivity index (χ4v) is 3.97. The maximum absolute atomic E-state index is 6.22. The Morgan fingerprint density at radius 2 is 1.82 bits per heavy atom. The summed E-state index contributed by atoms with van der Waals surface area (Å²) in [6.45, 7) is 2.17. The molecule has 3 atom stereocenters. The average Bonchev–Trinajstić information content (AvgIpc) is 2.73. The molecule has 6 heteroatoms. The van der Waals surface area contributed by atoms with Gasteiger partial charge in [-0.25, -0.2) is 0 Å². The number of fused-ring (bicyclic) bond motifs is 1. The largest absolute Gasteiger partial charge is 0.493 e. The molecular weight excluding hydrogens is 465 g/mol. The normalized spacial score (nSPS) is 24.4. The van der Waals surface area contributed by atoms with Gasteiger partial charge >= 0.3 is 0 Å². The Hall–Kier alpha value is -1.80. The first-order valence-corrected chi connectivity index (χ1v) is 9.76. The van der Waals surface area contributed by atoms with Gasteiger partial charge in [0.15, 0.2) is 5.96 Å². The summed E-state index contributed by atoms with van der Waals surface area (Å²) in [7, 11) is 0. The number of hydrogen-bond acceptors (Lipinski definition) is 3. The van der Waals surface area contributed by atoms with Crippen molar-refractivity contribution in [1.29, 1.82) is 0 Å². The molecule has 5 nitrogen and oxygen atoms in total. The highest BCUT2D eigenvalue weighted by Crippen LogP contribution is 2.34. The summed E-state index contributed by atoms with van der Waals surface area (Å²) in [5.41, 5.74) is 8.59. The van der Waals surface area contributed by atoms with Crippen LogP contribution in [0.1, 0.15) is 42.5 Å². The molecule has 0 saturated carbocycles. The zero-order valence-corrected chi connectivity index (χ0v) is 18.3. The number of halogens is 1. The number of para-hydroxylation sites is 1. The van der Waals surface area contributed by atoms with E-state index in [4.69, 9.17) is 15.2 Å². The SMILES string of the molecule is I.NC(=NCC1CCCOC1c1ccccc1)NC1CCOc2ccccc21. The van der Waals surface area contributed by atoms with Gasteiger partial charge in [-0.2, -0.15) is 0 Å². The van der Waals surface area contributed by atoms with Gasteiger partial charge in [0.2, 0.25) is 0 Å². The van der Waals surface area contributed by atoms with Crippen LogP contribution in [-0.2, 0) is 4.74 Å². The third-order valence-electron chi connectivity index (χ3n) is 5.35. The predicted octanol–water partition coefficient (Wildman–Crippen LogP) is 4.20. The maximum Gasteiger partial charge on any atom is 0.189 e. The quantitative estimate of drug-likeness (QED) is 0.381. The first kappa shape index (κ1) is 20.9. The van der Waals surface area contributed by atoms with Gasteiger partial charge in [-0.05, 0) is 24.5 Å². The second kappa shape index (κ2) is 10.1. The third kappa shape index (κ3) is 4.97. The van der Waals surface area contributed by atoms with Crippen LogP contribution in [0.2, 0.25) is 0 Å². The van der Waals surface area contributed by atoms with Crippen molar-refractivity contribution in [2.75, 3.05) is 19.8 Å². The molecule has 1 fully saturated rings. The van der Waals surface area contributed by atoms with Crippen LogP contribution in [0.3, 0.4) is 0 Å². The lowest BCUT2D eigenvalue weighted by Crippen LogP contribution is -2.38. The van der Waals surface area contributed by atoms with Gasteiger partial charge in [0.1, 0.15) is 5.75 Å². The van der Waals surface area contributed by atoms with Gasteiger partial charge < -0.3 is 20.5 Å². The van der Waals surface area contributed by atoms with Crippen LogP contribution >= 0.6 is 24.0 Å². The Balaban J connectivity index is 0.00000225. The number of ether oxygens (including phenoxy) is 2. The molecule has 0 spiro atoms. The molecule has 0 radical (unpaired) electrons. The molecule has 2 aromatic carbocycles. The highest BCUT2D eigenvalue weighted by molar-refractivity contribution is 14.0. The van der Waals surface area contributed by atoms with Gasteiger partial charge in [0.25, 0.3) is 0 Å². The van der Waals surface area contributed by atoms with E-state index >= 15 is 0 Å². The Labute approximate surface area is 183 Å². The van der Waals surface area contributed by atoms with Crippen molar-refractivity contribution < 1.29 is 9.47 Å². The van der Waals surface area contributed by atoms with Crippen molar-refractivity contribution in [2.24, 2.45) is 16.6 Å². The predicted molar refractivity (Wildman–Crippen MR) is 122 cm³/mol. The fraction of sp³-hybridized carbons (Fsp3) is 0.409. The molecule has 0 aliphatic carbocycles. The van der Waals surface area contributed by atoms with Gasteiger partial charge in [0, 0.05) is 31.1 Å². The van der Waals surface area contributed by atoms with Crippen molar-refractivity contribution in [1.82, 2.24) is 5.32 Å². The van der Waals surface area contributed by atoms with E-state index in [-0.39, 0.29) is 36.1 Å². The van der Waals surface area contributed by atoms with Crippen LogP contribution in [0.25, 0.3) is 0 Å². The summed E-state index contributed by atoms with van der Waals surface area (Å²) in [6, 6.07) is 18.7. The number of benzene rings is 2. The maximum atomic E-state index is 6.22. The van der Waals surface area contributed by atoms with E-state index < -0.39 is 0 Å². The number of nitrogens with one attached hydrogen (secondary N) is 1. The molecule has 2 heterocycles. The number of rotatable bonds is 4. The molecule has 3 N–H and O–H groups in total. The van der Waals surface area contributed by atoms with Gasteiger partial charge in [-0.1, -0.05) is 48.5 Å². The van der Waals surface area contributed by atoms with Crippen molar-refractivity contribution >= 4 is 29.9 Å². The van der Waals surface area contributed by atoms with E-state index in [9.17, 15) is 0 Å². The Morgan fingerprint density at radius 1 is 1.04 bits per heavy atom. The lowest BCUT2D eigenvalue weighted by molar-refractivity contribution is -0.0250. The minimum atomic E-state index is 0. The lowest BCUT2D eigenvalue weighted by atomic mass is 9.89. The summed E-state index contributed by atoms with van der Waals surface area (Å²) >= 11 is 0. The second-order valence-electron chi connectivity index (χ2n) is 7.20. The molecule has 0 bridgehead atoms. The minimum absolute atomic E-state index is 0. The van der Waals surface area contributed by atoms with E-state index in [2.05, 4.69) is 40.6 Å². The summed E-state index contributed by atoms with van der Waals surface area (Å²) in [5.74, 6) is 1.77. The summed E-state index contributed by atoms with van der Waals surface area (Å²) in [4.78, 5) is 4.65. The zero-order chi connectivity index (χ0) is 18.5. The van der Waals surface area contributed by atoms with E-state index in [1.165, 1.54) is 5.56 Å². The number of nitrogens with two attached hydrogens (primary N) is 1. The van der Waals surface area contributed by atoms with Crippen LogP contribution in [0.4, 0.5) is 0 Å². The number of nitrogens with zero attached hydrogens (tertiary/aromatic N) is 1. The van der Waals surface area contributed by atoms with Crippen molar-refractivity contribution in [3.05, 3.63) is 65.7 Å². The molecule has 28 heavy (non-hydrogen) atoms. The zero-order valence-electron chi connectivity index (χ0n) is 15.9. The van der Waals surface area contributed by atoms with E-state index in [0.29, 0.717) is 25.0 Å². The Kier molecular flexibility index (Phi) is 7.56. The van der Waals surface area contributed by atoms with Crippen molar-refractivity contribution in [2.45, 2.75) is 31.4 Å². The molecule has 2 aliphatic rings. The van der Waals surface area contributed by atoms with E-state index in [1.807, 2.05) is 24.3 Å². The third-order valence-corrected chi connectivity index (χ3v) is 5.35. The lowest BCUT2D eigenvalue weighted by Gasteiger charge is -2.31. The van der Waals surface area contributed by atoms with E-state index in [1.54, 1.807) is 0 Å². The highest BCUT2D eigenvalue weighted by atomic mass is 127. The van der Waals surface area contributed by atoms with Gasteiger partial charge in [0.05, 0.1) is 18.8 Å². The fourth-order valence-electron chi connectivity index (χ4n) is 3.97. The summed E-state index contributed by atoms with van der Waals surface area (Å²) in [5, 5.41) is 3.38. The molecular formula is C22H28IN3O2. The molecule has 1 saturated heterocycles. The number of guanidine groups is 1. The first-order valence-electron chi connectivity index (χ1n) is 9.76. The van der Waals surface area contributed by atoms with E-state index in [0.717, 1.165) is 37.2 Å². The molecule has 150 valence electrons. The monoisotopic (exact) mass is 493 g/mol. The first-order chi connectivity index (χ1) is 13.3. The molecule has 0 amide bonds. The summed E-state index contributed by atoms with van der Waals surface area (Å²) < 4.78 is 11.8. The summed E-state index contributed by atoms with van der Waals surface area (Å²) in [6.07, 6.45) is 3.16. The Bertz CT molecular complexity index is 784. The molecule has 2 aromatic rings. The topological polar surface area (TPSA) is 68.9 Å².